The average Bonchev–Trinajstić information content (AvgIpc) is 3.02. The molecule has 0 heterocycles. The molecule has 1 atom stereocenters. The molecular formula is C21H23N3O5. The van der Waals surface area contributed by atoms with Crippen molar-refractivity contribution in [1.82, 2.24) is 10.6 Å². The van der Waals surface area contributed by atoms with E-state index in [4.69, 9.17) is 15.6 Å². The van der Waals surface area contributed by atoms with Crippen LogP contribution in [0.15, 0.2) is 48.5 Å². The molecule has 0 aromatic heterocycles. The van der Waals surface area contributed by atoms with Crippen LogP contribution in [0.4, 0.5) is 9.59 Å². The molecule has 3 rings (SSSR count). The van der Waals surface area contributed by atoms with E-state index in [2.05, 4.69) is 22.8 Å². The molecule has 0 aliphatic heterocycles. The van der Waals surface area contributed by atoms with Gasteiger partial charge in [0, 0.05) is 12.5 Å². The third-order valence-electron chi connectivity index (χ3n) is 4.90. The Bertz CT molecular complexity index is 869. The molecule has 0 fully saturated rings. The fourth-order valence-corrected chi connectivity index (χ4v) is 3.58. The fourth-order valence-electron chi connectivity index (χ4n) is 3.58. The molecule has 8 heteroatoms. The quantitative estimate of drug-likeness (QED) is 0.508. The third-order valence-corrected chi connectivity index (χ3v) is 4.90. The summed E-state index contributed by atoms with van der Waals surface area (Å²) in [6.07, 6.45) is -0.0785. The van der Waals surface area contributed by atoms with Gasteiger partial charge in [0.1, 0.15) is 12.6 Å². The number of amides is 3. The highest BCUT2D eigenvalue weighted by molar-refractivity contribution is 5.81. The van der Waals surface area contributed by atoms with E-state index in [1.165, 1.54) is 0 Å². The van der Waals surface area contributed by atoms with Crippen molar-refractivity contribution < 1.29 is 24.2 Å². The van der Waals surface area contributed by atoms with Crippen molar-refractivity contribution in [2.45, 2.75) is 24.8 Å². The van der Waals surface area contributed by atoms with Crippen molar-refractivity contribution in [3.8, 4) is 11.1 Å². The van der Waals surface area contributed by atoms with Crippen LogP contribution in [-0.4, -0.2) is 42.4 Å². The van der Waals surface area contributed by atoms with Crippen LogP contribution in [0.5, 0.6) is 0 Å². The summed E-state index contributed by atoms with van der Waals surface area (Å²) in [6.45, 7) is 0.432. The van der Waals surface area contributed by atoms with Gasteiger partial charge in [0.05, 0.1) is 0 Å². The van der Waals surface area contributed by atoms with Crippen molar-refractivity contribution >= 4 is 18.1 Å². The van der Waals surface area contributed by atoms with Crippen LogP contribution in [-0.2, 0) is 9.53 Å². The number of nitrogens with one attached hydrogen (secondary N) is 2. The monoisotopic (exact) mass is 397 g/mol. The highest BCUT2D eigenvalue weighted by atomic mass is 16.5. The highest BCUT2D eigenvalue weighted by Gasteiger charge is 2.29. The number of carbonyl (C=O) groups excluding carboxylic acids is 2. The molecule has 0 radical (unpaired) electrons. The zero-order valence-corrected chi connectivity index (χ0v) is 15.8. The molecule has 1 unspecified atom stereocenters. The lowest BCUT2D eigenvalue weighted by Crippen LogP contribution is -2.44. The van der Waals surface area contributed by atoms with Gasteiger partial charge in [-0.1, -0.05) is 48.5 Å². The number of urea groups is 1. The van der Waals surface area contributed by atoms with Crippen molar-refractivity contribution in [2.75, 3.05) is 13.2 Å². The van der Waals surface area contributed by atoms with Crippen LogP contribution >= 0.6 is 0 Å². The first-order valence-electron chi connectivity index (χ1n) is 9.35. The summed E-state index contributed by atoms with van der Waals surface area (Å²) in [5.74, 6) is -1.20. The topological polar surface area (TPSA) is 131 Å². The number of carbonyl (C=O) groups is 3. The largest absolute Gasteiger partial charge is 0.480 e. The Morgan fingerprint density at radius 1 is 1.03 bits per heavy atom. The average molecular weight is 397 g/mol. The lowest BCUT2D eigenvalue weighted by Gasteiger charge is -2.15. The minimum atomic E-state index is -1.18. The summed E-state index contributed by atoms with van der Waals surface area (Å²) in [5, 5.41) is 13.8. The van der Waals surface area contributed by atoms with Gasteiger partial charge in [-0.3, -0.25) is 0 Å². The van der Waals surface area contributed by atoms with Crippen LogP contribution in [0, 0.1) is 0 Å². The number of alkyl carbamates (subject to hydrolysis) is 1. The normalized spacial score (nSPS) is 13.1. The Morgan fingerprint density at radius 2 is 1.62 bits per heavy atom. The Balaban J connectivity index is 1.49. The summed E-state index contributed by atoms with van der Waals surface area (Å²) < 4.78 is 5.40. The number of ether oxygens (including phenoxy) is 1. The second-order valence-corrected chi connectivity index (χ2v) is 6.79. The molecule has 0 saturated heterocycles. The molecule has 8 nitrogen and oxygen atoms in total. The lowest BCUT2D eigenvalue weighted by atomic mass is 9.98. The van der Waals surface area contributed by atoms with Gasteiger partial charge in [0.2, 0.25) is 0 Å². The Hall–Kier alpha value is -3.55. The fraction of sp³-hybridized carbons (Fsp3) is 0.286. The highest BCUT2D eigenvalue weighted by Crippen LogP contribution is 2.44. The van der Waals surface area contributed by atoms with Gasteiger partial charge in [-0.2, -0.15) is 0 Å². The molecule has 152 valence electrons. The van der Waals surface area contributed by atoms with E-state index in [1.54, 1.807) is 0 Å². The zero-order valence-electron chi connectivity index (χ0n) is 15.8. The number of hydrogen-bond acceptors (Lipinski definition) is 4. The van der Waals surface area contributed by atoms with E-state index in [0.29, 0.717) is 6.42 Å². The van der Waals surface area contributed by atoms with Gasteiger partial charge in [0.15, 0.2) is 0 Å². The van der Waals surface area contributed by atoms with Crippen LogP contribution in [0.25, 0.3) is 11.1 Å². The summed E-state index contributed by atoms with van der Waals surface area (Å²) in [4.78, 5) is 33.9. The smallest absolute Gasteiger partial charge is 0.407 e. The summed E-state index contributed by atoms with van der Waals surface area (Å²) in [7, 11) is 0. The zero-order chi connectivity index (χ0) is 20.8. The number of benzene rings is 2. The number of rotatable bonds is 8. The predicted octanol–water partition coefficient (Wildman–Crippen LogP) is 2.43. The minimum Gasteiger partial charge on any atom is -0.480 e. The van der Waals surface area contributed by atoms with E-state index in [9.17, 15) is 14.4 Å². The van der Waals surface area contributed by atoms with Gasteiger partial charge in [-0.15, -0.1) is 0 Å². The first kappa shape index (κ1) is 20.2. The second-order valence-electron chi connectivity index (χ2n) is 6.79. The number of fused-ring (bicyclic) bond motifs is 3. The summed E-state index contributed by atoms with van der Waals surface area (Å²) in [5.41, 5.74) is 9.51. The summed E-state index contributed by atoms with van der Waals surface area (Å²) >= 11 is 0. The maximum Gasteiger partial charge on any atom is 0.407 e. The number of nitrogens with two attached hydrogens (primary N) is 1. The number of aliphatic carboxylic acids is 1. The number of carboxylic acids is 1. The van der Waals surface area contributed by atoms with Gasteiger partial charge < -0.3 is 26.2 Å². The SMILES string of the molecule is NC(=O)NC(CCCNC(=O)OCC1c2ccccc2-c2ccccc21)C(=O)O. The van der Waals surface area contributed by atoms with E-state index in [1.807, 2.05) is 36.4 Å². The molecular weight excluding hydrogens is 374 g/mol. The van der Waals surface area contributed by atoms with Crippen LogP contribution in [0.2, 0.25) is 0 Å². The molecule has 1 aliphatic rings. The lowest BCUT2D eigenvalue weighted by molar-refractivity contribution is -0.139. The number of carboxylic acid groups (broad SMARTS) is 1. The summed E-state index contributed by atoms with van der Waals surface area (Å²) in [6, 6.07) is 14.1. The Labute approximate surface area is 168 Å². The first-order chi connectivity index (χ1) is 14.0. The third kappa shape index (κ3) is 4.84. The minimum absolute atomic E-state index is 0.0238. The maximum absolute atomic E-state index is 12.0. The molecule has 0 saturated carbocycles. The van der Waals surface area contributed by atoms with E-state index < -0.39 is 24.1 Å². The van der Waals surface area contributed by atoms with Crippen molar-refractivity contribution in [3.05, 3.63) is 59.7 Å². The van der Waals surface area contributed by atoms with E-state index in [0.717, 1.165) is 22.3 Å². The molecule has 0 bridgehead atoms. The van der Waals surface area contributed by atoms with Gasteiger partial charge in [-0.05, 0) is 35.1 Å². The maximum atomic E-state index is 12.0. The van der Waals surface area contributed by atoms with Crippen molar-refractivity contribution in [2.24, 2.45) is 5.73 Å². The van der Waals surface area contributed by atoms with Crippen molar-refractivity contribution in [3.63, 3.8) is 0 Å². The molecule has 1 aliphatic carbocycles. The number of primary amides is 1. The second kappa shape index (κ2) is 9.09. The standard InChI is InChI=1S/C21H23N3O5/c22-20(27)24-18(19(25)26)10-5-11-23-21(28)29-12-17-15-8-3-1-6-13(15)14-7-2-4-9-16(14)17/h1-4,6-9,17-18H,5,10-12H2,(H,23,28)(H,25,26)(H3,22,24,27). The molecule has 3 amide bonds. The van der Waals surface area contributed by atoms with Crippen LogP contribution in [0.3, 0.4) is 0 Å². The predicted molar refractivity (Wildman–Crippen MR) is 106 cm³/mol. The Morgan fingerprint density at radius 3 is 2.17 bits per heavy atom. The van der Waals surface area contributed by atoms with Crippen LogP contribution < -0.4 is 16.4 Å². The molecule has 29 heavy (non-hydrogen) atoms. The molecule has 2 aromatic carbocycles. The number of hydrogen-bond donors (Lipinski definition) is 4. The van der Waals surface area contributed by atoms with Gasteiger partial charge >= 0.3 is 18.1 Å². The molecule has 5 N–H and O–H groups in total. The van der Waals surface area contributed by atoms with Gasteiger partial charge in [0.25, 0.3) is 0 Å². The molecule has 2 aromatic rings. The first-order valence-corrected chi connectivity index (χ1v) is 9.35. The van der Waals surface area contributed by atoms with Gasteiger partial charge in [-0.25, -0.2) is 14.4 Å². The van der Waals surface area contributed by atoms with Crippen molar-refractivity contribution in [1.29, 1.82) is 0 Å². The van der Waals surface area contributed by atoms with E-state index in [-0.39, 0.29) is 25.5 Å². The molecule has 0 spiro atoms. The van der Waals surface area contributed by atoms with Crippen LogP contribution in [0.1, 0.15) is 29.9 Å². The van der Waals surface area contributed by atoms with E-state index >= 15 is 0 Å². The Kier molecular flexibility index (Phi) is 6.33.